The van der Waals surface area contributed by atoms with Gasteiger partial charge < -0.3 is 9.52 Å². The number of furan rings is 1. The maximum absolute atomic E-state index is 11.1. The maximum atomic E-state index is 11.1. The Hall–Kier alpha value is -1.29. The van der Waals surface area contributed by atoms with E-state index < -0.39 is 5.97 Å². The largest absolute Gasteiger partial charge is 0.478 e. The molecular formula is C16H27NO3. The van der Waals surface area contributed by atoms with Crippen LogP contribution in [0.2, 0.25) is 0 Å². The van der Waals surface area contributed by atoms with Gasteiger partial charge in [-0.15, -0.1) is 0 Å². The summed E-state index contributed by atoms with van der Waals surface area (Å²) < 4.78 is 5.60. The van der Waals surface area contributed by atoms with Crippen LogP contribution in [0.4, 0.5) is 0 Å². The summed E-state index contributed by atoms with van der Waals surface area (Å²) in [5.74, 6) is 0.884. The average molecular weight is 281 g/mol. The molecule has 20 heavy (non-hydrogen) atoms. The lowest BCUT2D eigenvalue weighted by Crippen LogP contribution is -2.36. The Labute approximate surface area is 121 Å². The SMILES string of the molecule is CCC(CC)N(Cc1cc(C(=O)O)c(C)o1)CC(C)C. The van der Waals surface area contributed by atoms with E-state index in [2.05, 4.69) is 32.6 Å². The van der Waals surface area contributed by atoms with Crippen molar-refractivity contribution in [3.05, 3.63) is 23.2 Å². The molecule has 0 unspecified atom stereocenters. The van der Waals surface area contributed by atoms with Gasteiger partial charge in [-0.05, 0) is 31.7 Å². The van der Waals surface area contributed by atoms with Crippen molar-refractivity contribution >= 4 is 5.97 Å². The van der Waals surface area contributed by atoms with E-state index in [0.717, 1.165) is 25.1 Å². The minimum absolute atomic E-state index is 0.272. The molecule has 1 heterocycles. The summed E-state index contributed by atoms with van der Waals surface area (Å²) in [4.78, 5) is 13.5. The summed E-state index contributed by atoms with van der Waals surface area (Å²) in [5.41, 5.74) is 0.272. The Morgan fingerprint density at radius 3 is 2.35 bits per heavy atom. The third-order valence-corrected chi connectivity index (χ3v) is 3.62. The highest BCUT2D eigenvalue weighted by Gasteiger charge is 2.20. The van der Waals surface area contributed by atoms with Crippen molar-refractivity contribution in [2.24, 2.45) is 5.92 Å². The number of carboxylic acid groups (broad SMARTS) is 1. The zero-order valence-electron chi connectivity index (χ0n) is 13.3. The van der Waals surface area contributed by atoms with Gasteiger partial charge in [0.15, 0.2) is 0 Å². The molecule has 0 bridgehead atoms. The zero-order chi connectivity index (χ0) is 15.3. The fourth-order valence-corrected chi connectivity index (χ4v) is 2.65. The summed E-state index contributed by atoms with van der Waals surface area (Å²) in [5, 5.41) is 9.09. The van der Waals surface area contributed by atoms with Crippen molar-refractivity contribution < 1.29 is 14.3 Å². The highest BCUT2D eigenvalue weighted by molar-refractivity contribution is 5.88. The minimum Gasteiger partial charge on any atom is -0.478 e. The Bertz CT molecular complexity index is 433. The van der Waals surface area contributed by atoms with E-state index in [1.54, 1.807) is 13.0 Å². The summed E-state index contributed by atoms with van der Waals surface area (Å²) in [6.07, 6.45) is 2.18. The molecule has 0 amide bonds. The monoisotopic (exact) mass is 281 g/mol. The molecule has 0 aliphatic rings. The quantitative estimate of drug-likeness (QED) is 0.784. The first-order valence-electron chi connectivity index (χ1n) is 7.45. The molecule has 1 aromatic rings. The predicted octanol–water partition coefficient (Wildman–Crippen LogP) is 3.93. The van der Waals surface area contributed by atoms with E-state index in [0.29, 0.717) is 24.3 Å². The molecule has 0 saturated heterocycles. The molecule has 4 nitrogen and oxygen atoms in total. The van der Waals surface area contributed by atoms with Crippen LogP contribution < -0.4 is 0 Å². The van der Waals surface area contributed by atoms with Crippen molar-refractivity contribution in [3.63, 3.8) is 0 Å². The summed E-state index contributed by atoms with van der Waals surface area (Å²) >= 11 is 0. The Morgan fingerprint density at radius 2 is 1.95 bits per heavy atom. The molecular weight excluding hydrogens is 254 g/mol. The van der Waals surface area contributed by atoms with Crippen molar-refractivity contribution in [2.75, 3.05) is 6.54 Å². The van der Waals surface area contributed by atoms with Gasteiger partial charge in [0.25, 0.3) is 0 Å². The van der Waals surface area contributed by atoms with Crippen LogP contribution in [0.25, 0.3) is 0 Å². The van der Waals surface area contributed by atoms with Crippen molar-refractivity contribution in [1.82, 2.24) is 4.90 Å². The minimum atomic E-state index is -0.921. The number of hydrogen-bond donors (Lipinski definition) is 1. The van der Waals surface area contributed by atoms with Crippen LogP contribution in [-0.2, 0) is 6.54 Å². The lowest BCUT2D eigenvalue weighted by Gasteiger charge is -2.31. The normalized spacial score (nSPS) is 11.8. The molecule has 0 fully saturated rings. The lowest BCUT2D eigenvalue weighted by atomic mass is 10.1. The third-order valence-electron chi connectivity index (χ3n) is 3.62. The van der Waals surface area contributed by atoms with Crippen LogP contribution in [0.15, 0.2) is 10.5 Å². The number of aromatic carboxylic acids is 1. The van der Waals surface area contributed by atoms with E-state index in [1.807, 2.05) is 0 Å². The standard InChI is InChI=1S/C16H27NO3/c1-6-13(7-2)17(9-11(3)4)10-14-8-15(16(18)19)12(5)20-14/h8,11,13H,6-7,9-10H2,1-5H3,(H,18,19). The second kappa shape index (κ2) is 7.48. The van der Waals surface area contributed by atoms with Gasteiger partial charge in [0.1, 0.15) is 17.1 Å². The number of nitrogens with zero attached hydrogens (tertiary/aromatic N) is 1. The second-order valence-corrected chi connectivity index (χ2v) is 5.78. The van der Waals surface area contributed by atoms with Crippen molar-refractivity contribution in [1.29, 1.82) is 0 Å². The van der Waals surface area contributed by atoms with Gasteiger partial charge >= 0.3 is 5.97 Å². The molecule has 1 aromatic heterocycles. The molecule has 0 saturated carbocycles. The number of aryl methyl sites for hydroxylation is 1. The van der Waals surface area contributed by atoms with Crippen LogP contribution in [0.5, 0.6) is 0 Å². The summed E-state index contributed by atoms with van der Waals surface area (Å²) in [6.45, 7) is 12.2. The molecule has 0 aliphatic carbocycles. The summed E-state index contributed by atoms with van der Waals surface area (Å²) in [6, 6.07) is 2.17. The van der Waals surface area contributed by atoms with Crippen LogP contribution >= 0.6 is 0 Å². The first-order chi connectivity index (χ1) is 9.38. The van der Waals surface area contributed by atoms with Gasteiger partial charge in [-0.1, -0.05) is 27.7 Å². The predicted molar refractivity (Wildman–Crippen MR) is 80.0 cm³/mol. The van der Waals surface area contributed by atoms with E-state index in [1.165, 1.54) is 0 Å². The molecule has 0 spiro atoms. The van der Waals surface area contributed by atoms with Crippen molar-refractivity contribution in [2.45, 2.75) is 60.0 Å². The average Bonchev–Trinajstić information content (AvgIpc) is 2.71. The zero-order valence-corrected chi connectivity index (χ0v) is 13.3. The molecule has 1 rings (SSSR count). The maximum Gasteiger partial charge on any atom is 0.339 e. The molecule has 0 atom stereocenters. The lowest BCUT2D eigenvalue weighted by molar-refractivity contribution is 0.0695. The topological polar surface area (TPSA) is 53.7 Å². The molecule has 1 N–H and O–H groups in total. The highest BCUT2D eigenvalue weighted by Crippen LogP contribution is 2.20. The van der Waals surface area contributed by atoms with Gasteiger partial charge in [0, 0.05) is 12.6 Å². The Balaban J connectivity index is 2.88. The molecule has 4 heteroatoms. The van der Waals surface area contributed by atoms with Gasteiger partial charge in [0.05, 0.1) is 6.54 Å². The Morgan fingerprint density at radius 1 is 1.35 bits per heavy atom. The molecule has 0 aliphatic heterocycles. The van der Waals surface area contributed by atoms with Crippen LogP contribution in [0.3, 0.4) is 0 Å². The van der Waals surface area contributed by atoms with Gasteiger partial charge in [-0.25, -0.2) is 4.79 Å². The Kier molecular flexibility index (Phi) is 6.27. The van der Waals surface area contributed by atoms with E-state index >= 15 is 0 Å². The van der Waals surface area contributed by atoms with Crippen LogP contribution in [0, 0.1) is 12.8 Å². The number of carboxylic acids is 1. The number of rotatable bonds is 8. The number of hydrogen-bond acceptors (Lipinski definition) is 3. The summed E-state index contributed by atoms with van der Waals surface area (Å²) in [7, 11) is 0. The van der Waals surface area contributed by atoms with Crippen LogP contribution in [-0.4, -0.2) is 28.6 Å². The van der Waals surface area contributed by atoms with Gasteiger partial charge in [0.2, 0.25) is 0 Å². The van der Waals surface area contributed by atoms with Crippen LogP contribution in [0.1, 0.15) is 62.4 Å². The molecule has 114 valence electrons. The van der Waals surface area contributed by atoms with Gasteiger partial charge in [-0.2, -0.15) is 0 Å². The molecule has 0 radical (unpaired) electrons. The molecule has 0 aromatic carbocycles. The van der Waals surface area contributed by atoms with Crippen molar-refractivity contribution in [3.8, 4) is 0 Å². The first-order valence-corrected chi connectivity index (χ1v) is 7.45. The number of carbonyl (C=O) groups is 1. The third kappa shape index (κ3) is 4.37. The fourth-order valence-electron chi connectivity index (χ4n) is 2.65. The van der Waals surface area contributed by atoms with E-state index in [4.69, 9.17) is 9.52 Å². The van der Waals surface area contributed by atoms with E-state index in [9.17, 15) is 4.79 Å². The first kappa shape index (κ1) is 16.8. The van der Waals surface area contributed by atoms with E-state index in [-0.39, 0.29) is 5.56 Å². The van der Waals surface area contributed by atoms with Gasteiger partial charge in [-0.3, -0.25) is 4.90 Å². The highest BCUT2D eigenvalue weighted by atomic mass is 16.4. The fraction of sp³-hybridized carbons (Fsp3) is 0.688. The smallest absolute Gasteiger partial charge is 0.339 e. The second-order valence-electron chi connectivity index (χ2n) is 5.78.